The zero-order valence-corrected chi connectivity index (χ0v) is 14.0. The van der Waals surface area contributed by atoms with Crippen LogP contribution in [0.4, 0.5) is 0 Å². The molecule has 0 radical (unpaired) electrons. The van der Waals surface area contributed by atoms with E-state index in [0.717, 1.165) is 21.4 Å². The molecule has 1 unspecified atom stereocenters. The van der Waals surface area contributed by atoms with Crippen LogP contribution in [0.1, 0.15) is 12.5 Å². The summed E-state index contributed by atoms with van der Waals surface area (Å²) in [6, 6.07) is 6.01. The highest BCUT2D eigenvalue weighted by atomic mass is 79.9. The van der Waals surface area contributed by atoms with E-state index in [4.69, 9.17) is 5.73 Å². The summed E-state index contributed by atoms with van der Waals surface area (Å²) in [5.41, 5.74) is 5.39. The molecule has 0 spiro atoms. The van der Waals surface area contributed by atoms with Crippen molar-refractivity contribution in [2.45, 2.75) is 29.4 Å². The lowest BCUT2D eigenvalue weighted by Crippen LogP contribution is -2.33. The Balaban J connectivity index is 2.30. The van der Waals surface area contributed by atoms with Gasteiger partial charge in [0.2, 0.25) is 0 Å². The molecule has 0 aliphatic carbocycles. The van der Waals surface area contributed by atoms with Gasteiger partial charge in [-0.15, -0.1) is 0 Å². The molecule has 6 nitrogen and oxygen atoms in total. The summed E-state index contributed by atoms with van der Waals surface area (Å²) < 4.78 is 2.32. The topological polar surface area (TPSA) is 93.8 Å². The van der Waals surface area contributed by atoms with Crippen LogP contribution in [0.25, 0.3) is 0 Å². The van der Waals surface area contributed by atoms with Crippen LogP contribution >= 0.6 is 27.7 Å². The fourth-order valence-corrected chi connectivity index (χ4v) is 3.25. The molecule has 0 aliphatic heterocycles. The Morgan fingerprint density at radius 2 is 2.19 bits per heavy atom. The number of nitrogens with one attached hydrogen (secondary N) is 1. The zero-order chi connectivity index (χ0) is 15.6. The molecule has 112 valence electrons. The van der Waals surface area contributed by atoms with Gasteiger partial charge in [-0.3, -0.25) is 19.4 Å². The molecule has 1 heterocycles. The van der Waals surface area contributed by atoms with Crippen LogP contribution < -0.4 is 16.9 Å². The van der Waals surface area contributed by atoms with Gasteiger partial charge in [0, 0.05) is 22.5 Å². The summed E-state index contributed by atoms with van der Waals surface area (Å²) in [7, 11) is 1.63. The number of halogens is 1. The van der Waals surface area contributed by atoms with Crippen LogP contribution in [0.2, 0.25) is 0 Å². The van der Waals surface area contributed by atoms with E-state index < -0.39 is 11.1 Å². The highest BCUT2D eigenvalue weighted by Crippen LogP contribution is 2.32. The van der Waals surface area contributed by atoms with Crippen molar-refractivity contribution in [2.75, 3.05) is 0 Å². The van der Waals surface area contributed by atoms with E-state index in [2.05, 4.69) is 26.0 Å². The second-order valence-corrected chi connectivity index (χ2v) is 6.61. The van der Waals surface area contributed by atoms with Gasteiger partial charge in [-0.25, -0.2) is 0 Å². The SMILES string of the molecule is CC(N)Cc1ccc(Sc2nc(=O)c(=O)[nH]n2C)c(Br)c1. The predicted octanol–water partition coefficient (Wildman–Crippen LogP) is 1.27. The van der Waals surface area contributed by atoms with Crippen molar-refractivity contribution >= 4 is 27.7 Å². The van der Waals surface area contributed by atoms with Gasteiger partial charge in [0.15, 0.2) is 5.16 Å². The standard InChI is InChI=1S/C13H15BrN4O2S/c1-7(15)5-8-3-4-10(9(14)6-8)21-13-16-11(19)12(20)17-18(13)2/h3-4,6-7H,5,15H2,1-2H3,(H,17,20). The predicted molar refractivity (Wildman–Crippen MR) is 85.7 cm³/mol. The van der Waals surface area contributed by atoms with Crippen LogP contribution in [0, 0.1) is 0 Å². The maximum Gasteiger partial charge on any atom is 0.339 e. The average Bonchev–Trinajstić information content (AvgIpc) is 2.38. The van der Waals surface area contributed by atoms with Gasteiger partial charge >= 0.3 is 11.1 Å². The Morgan fingerprint density at radius 1 is 1.48 bits per heavy atom. The van der Waals surface area contributed by atoms with E-state index >= 15 is 0 Å². The highest BCUT2D eigenvalue weighted by Gasteiger charge is 2.10. The van der Waals surface area contributed by atoms with Gasteiger partial charge in [-0.1, -0.05) is 6.07 Å². The monoisotopic (exact) mass is 370 g/mol. The molecule has 8 heteroatoms. The lowest BCUT2D eigenvalue weighted by Gasteiger charge is -2.10. The molecule has 1 aromatic carbocycles. The lowest BCUT2D eigenvalue weighted by molar-refractivity contribution is 0.596. The number of rotatable bonds is 4. The zero-order valence-electron chi connectivity index (χ0n) is 11.6. The van der Waals surface area contributed by atoms with Gasteiger partial charge < -0.3 is 5.73 Å². The minimum atomic E-state index is -0.791. The normalized spacial score (nSPS) is 12.4. The van der Waals surface area contributed by atoms with Crippen LogP contribution in [0.3, 0.4) is 0 Å². The van der Waals surface area contributed by atoms with Gasteiger partial charge in [0.05, 0.1) is 0 Å². The van der Waals surface area contributed by atoms with E-state index in [1.54, 1.807) is 7.05 Å². The number of benzene rings is 1. The number of H-pyrrole nitrogens is 1. The quantitative estimate of drug-likeness (QED) is 0.790. The average molecular weight is 371 g/mol. The van der Waals surface area contributed by atoms with Crippen molar-refractivity contribution in [1.82, 2.24) is 14.8 Å². The fraction of sp³-hybridized carbons (Fsp3) is 0.308. The van der Waals surface area contributed by atoms with Gasteiger partial charge in [-0.05, 0) is 58.7 Å². The molecule has 0 aliphatic rings. The lowest BCUT2D eigenvalue weighted by atomic mass is 10.1. The molecule has 1 aromatic heterocycles. The van der Waals surface area contributed by atoms with Gasteiger partial charge in [0.1, 0.15) is 0 Å². The summed E-state index contributed by atoms with van der Waals surface area (Å²) >= 11 is 4.80. The molecule has 0 fully saturated rings. The molecule has 2 aromatic rings. The number of aryl methyl sites for hydroxylation is 1. The highest BCUT2D eigenvalue weighted by molar-refractivity contribution is 9.10. The summed E-state index contributed by atoms with van der Waals surface area (Å²) in [5.74, 6) is 0. The summed E-state index contributed by atoms with van der Waals surface area (Å²) in [5, 5.41) is 2.83. The second kappa shape index (κ2) is 6.59. The number of aromatic nitrogens is 3. The number of nitrogens with two attached hydrogens (primary N) is 1. The first-order chi connectivity index (χ1) is 9.86. The molecule has 0 amide bonds. The molecule has 2 rings (SSSR count). The van der Waals surface area contributed by atoms with E-state index in [0.29, 0.717) is 5.16 Å². The molecule has 0 saturated carbocycles. The van der Waals surface area contributed by atoms with Gasteiger partial charge in [0.25, 0.3) is 0 Å². The Bertz CT molecular complexity index is 769. The molecule has 1 atom stereocenters. The fourth-order valence-electron chi connectivity index (χ4n) is 1.78. The minimum absolute atomic E-state index is 0.0945. The largest absolute Gasteiger partial charge is 0.339 e. The second-order valence-electron chi connectivity index (χ2n) is 4.75. The molecule has 0 saturated heterocycles. The third kappa shape index (κ3) is 4.05. The third-order valence-electron chi connectivity index (χ3n) is 2.70. The minimum Gasteiger partial charge on any atom is -0.328 e. The molecule has 3 N–H and O–H groups in total. The van der Waals surface area contributed by atoms with Crippen molar-refractivity contribution in [3.63, 3.8) is 0 Å². The maximum atomic E-state index is 11.3. The Kier molecular flexibility index (Phi) is 5.02. The maximum absolute atomic E-state index is 11.3. The number of hydrogen-bond acceptors (Lipinski definition) is 5. The summed E-state index contributed by atoms with van der Waals surface area (Å²) in [4.78, 5) is 27.2. The Hall–Kier alpha value is -1.38. The first kappa shape index (κ1) is 16.0. The Labute approximate surface area is 133 Å². The van der Waals surface area contributed by atoms with Crippen LogP contribution in [0.5, 0.6) is 0 Å². The van der Waals surface area contributed by atoms with Crippen LogP contribution in [-0.4, -0.2) is 20.8 Å². The summed E-state index contributed by atoms with van der Waals surface area (Å²) in [6.07, 6.45) is 0.791. The van der Waals surface area contributed by atoms with E-state index in [1.807, 2.05) is 25.1 Å². The van der Waals surface area contributed by atoms with E-state index in [1.165, 1.54) is 16.4 Å². The van der Waals surface area contributed by atoms with Crippen molar-refractivity contribution < 1.29 is 0 Å². The third-order valence-corrected chi connectivity index (χ3v) is 4.74. The number of aromatic amines is 1. The number of hydrogen-bond donors (Lipinski definition) is 2. The first-order valence-electron chi connectivity index (χ1n) is 6.26. The van der Waals surface area contributed by atoms with Crippen molar-refractivity contribution in [3.8, 4) is 0 Å². The van der Waals surface area contributed by atoms with Gasteiger partial charge in [-0.2, -0.15) is 4.98 Å². The smallest absolute Gasteiger partial charge is 0.328 e. The van der Waals surface area contributed by atoms with Crippen LogP contribution in [-0.2, 0) is 13.5 Å². The van der Waals surface area contributed by atoms with Crippen molar-refractivity contribution in [1.29, 1.82) is 0 Å². The Morgan fingerprint density at radius 3 is 2.81 bits per heavy atom. The molecule has 0 bridgehead atoms. The van der Waals surface area contributed by atoms with E-state index in [9.17, 15) is 9.59 Å². The van der Waals surface area contributed by atoms with Crippen molar-refractivity contribution in [2.24, 2.45) is 12.8 Å². The number of nitrogens with zero attached hydrogens (tertiary/aromatic N) is 2. The molecular formula is C13H15BrN4O2S. The first-order valence-corrected chi connectivity index (χ1v) is 7.87. The molecular weight excluding hydrogens is 356 g/mol. The van der Waals surface area contributed by atoms with Crippen LogP contribution in [0.15, 0.2) is 42.3 Å². The molecule has 21 heavy (non-hydrogen) atoms. The van der Waals surface area contributed by atoms with Crippen molar-refractivity contribution in [3.05, 3.63) is 48.9 Å². The van der Waals surface area contributed by atoms with E-state index in [-0.39, 0.29) is 6.04 Å². The summed E-state index contributed by atoms with van der Waals surface area (Å²) in [6.45, 7) is 1.95.